The van der Waals surface area contributed by atoms with Gasteiger partial charge in [0.15, 0.2) is 12.4 Å². The van der Waals surface area contributed by atoms with Crippen LogP contribution in [0.1, 0.15) is 5.56 Å². The highest BCUT2D eigenvalue weighted by Gasteiger charge is 2.31. The van der Waals surface area contributed by atoms with Crippen LogP contribution in [0.2, 0.25) is 10.0 Å². The summed E-state index contributed by atoms with van der Waals surface area (Å²) < 4.78 is 47.7. The van der Waals surface area contributed by atoms with E-state index in [0.29, 0.717) is 22.8 Å². The van der Waals surface area contributed by atoms with E-state index < -0.39 is 24.3 Å². The van der Waals surface area contributed by atoms with Crippen LogP contribution in [-0.2, 0) is 11.0 Å². The number of ether oxygens (including phenoxy) is 1. The molecule has 12 heteroatoms. The van der Waals surface area contributed by atoms with E-state index >= 15 is 0 Å². The fourth-order valence-electron chi connectivity index (χ4n) is 2.00. The number of benzene rings is 1. The summed E-state index contributed by atoms with van der Waals surface area (Å²) in [6.45, 7) is -0.566. The molecule has 0 bridgehead atoms. The maximum Gasteiger partial charge on any atom is 0.418 e. The van der Waals surface area contributed by atoms with E-state index in [1.807, 2.05) is 0 Å². The van der Waals surface area contributed by atoms with Crippen LogP contribution in [0.25, 0.3) is 11.4 Å². The van der Waals surface area contributed by atoms with Crippen LogP contribution in [0.5, 0.6) is 6.08 Å². The predicted molar refractivity (Wildman–Crippen MR) is 93.1 cm³/mol. The Morgan fingerprint density at radius 1 is 1.21 bits per heavy atom. The molecule has 146 valence electrons. The summed E-state index contributed by atoms with van der Waals surface area (Å²) in [6.07, 6.45) is -4.34. The lowest BCUT2D eigenvalue weighted by molar-refractivity contribution is -0.137. The minimum Gasteiger partial charge on any atom is -0.439 e. The highest BCUT2D eigenvalue weighted by Crippen LogP contribution is 2.32. The van der Waals surface area contributed by atoms with E-state index in [2.05, 4.69) is 20.4 Å². The third-order valence-corrected chi connectivity index (χ3v) is 3.89. The van der Waals surface area contributed by atoms with Crippen LogP contribution in [0, 0.1) is 0 Å². The molecule has 0 saturated carbocycles. The molecule has 2 heterocycles. The Balaban J connectivity index is 1.60. The smallest absolute Gasteiger partial charge is 0.418 e. The van der Waals surface area contributed by atoms with Crippen LogP contribution < -0.4 is 10.1 Å². The molecule has 1 N–H and O–H groups in total. The monoisotopic (exact) mass is 432 g/mol. The van der Waals surface area contributed by atoms with Crippen LogP contribution in [0.4, 0.5) is 19.0 Å². The highest BCUT2D eigenvalue weighted by molar-refractivity contribution is 6.33. The van der Waals surface area contributed by atoms with Crippen molar-refractivity contribution in [3.8, 4) is 17.5 Å². The number of hydrogen-bond acceptors (Lipinski definition) is 6. The molecule has 0 radical (unpaired) electrons. The summed E-state index contributed by atoms with van der Waals surface area (Å²) in [6, 6.07) is 7.42. The Morgan fingerprint density at radius 3 is 2.64 bits per heavy atom. The van der Waals surface area contributed by atoms with Gasteiger partial charge >= 0.3 is 12.3 Å². The largest absolute Gasteiger partial charge is 0.439 e. The molecule has 0 saturated heterocycles. The van der Waals surface area contributed by atoms with E-state index in [4.69, 9.17) is 32.5 Å². The second-order valence-electron chi connectivity index (χ2n) is 5.25. The standard InChI is InChI=1S/C16H9Cl2F3N4O3/c17-10-4-2-1-3-9(10)13-24-15(28-25-13)27-7-12(26)23-14-11(18)5-8(6-22-14)16(19,20)21/h1-6H,7H2,(H,22,23,26). The van der Waals surface area contributed by atoms with Crippen molar-refractivity contribution in [3.63, 3.8) is 0 Å². The molecule has 0 aliphatic rings. The average molecular weight is 433 g/mol. The lowest BCUT2D eigenvalue weighted by Gasteiger charge is -2.09. The number of aromatic nitrogens is 3. The zero-order valence-electron chi connectivity index (χ0n) is 13.6. The van der Waals surface area contributed by atoms with Gasteiger partial charge in [0.1, 0.15) is 0 Å². The molecule has 2 aromatic heterocycles. The maximum atomic E-state index is 12.6. The predicted octanol–water partition coefficient (Wildman–Crippen LogP) is 4.47. The molecule has 1 amide bonds. The average Bonchev–Trinajstić information content (AvgIpc) is 3.10. The lowest BCUT2D eigenvalue weighted by atomic mass is 10.2. The van der Waals surface area contributed by atoms with Gasteiger partial charge in [-0.2, -0.15) is 18.2 Å². The number of carbonyl (C=O) groups is 1. The first-order chi connectivity index (χ1) is 13.2. The van der Waals surface area contributed by atoms with Gasteiger partial charge in [0.05, 0.1) is 15.6 Å². The Bertz CT molecular complexity index is 1010. The number of pyridine rings is 1. The zero-order chi connectivity index (χ0) is 20.3. The van der Waals surface area contributed by atoms with Crippen molar-refractivity contribution < 1.29 is 27.2 Å². The van der Waals surface area contributed by atoms with Crippen molar-refractivity contribution in [1.29, 1.82) is 0 Å². The van der Waals surface area contributed by atoms with Crippen molar-refractivity contribution in [2.45, 2.75) is 6.18 Å². The molecule has 0 aliphatic carbocycles. The molecule has 0 unspecified atom stereocenters. The van der Waals surface area contributed by atoms with E-state index in [1.165, 1.54) is 0 Å². The van der Waals surface area contributed by atoms with E-state index in [0.717, 1.165) is 0 Å². The molecule has 0 aliphatic heterocycles. The van der Waals surface area contributed by atoms with Crippen LogP contribution in [-0.4, -0.2) is 27.6 Å². The fraction of sp³-hybridized carbons (Fsp3) is 0.125. The van der Waals surface area contributed by atoms with E-state index in [-0.39, 0.29) is 22.7 Å². The minimum atomic E-state index is -4.60. The molecule has 1 aromatic carbocycles. The summed E-state index contributed by atoms with van der Waals surface area (Å²) in [4.78, 5) is 19.3. The quantitative estimate of drug-likeness (QED) is 0.639. The number of amides is 1. The summed E-state index contributed by atoms with van der Waals surface area (Å²) in [5.41, 5.74) is -0.530. The molecule has 0 fully saturated rings. The fourth-order valence-corrected chi connectivity index (χ4v) is 2.43. The second-order valence-corrected chi connectivity index (χ2v) is 6.07. The number of halogens is 5. The maximum absolute atomic E-state index is 12.6. The molecule has 3 aromatic rings. The molecule has 3 rings (SSSR count). The number of rotatable bonds is 5. The third kappa shape index (κ3) is 4.70. The topological polar surface area (TPSA) is 90.1 Å². The zero-order valence-corrected chi connectivity index (χ0v) is 15.1. The van der Waals surface area contributed by atoms with Crippen molar-refractivity contribution >= 4 is 34.9 Å². The van der Waals surface area contributed by atoms with Crippen LogP contribution in [0.15, 0.2) is 41.1 Å². The van der Waals surface area contributed by atoms with Gasteiger partial charge in [0, 0.05) is 11.8 Å². The lowest BCUT2D eigenvalue weighted by Crippen LogP contribution is -2.21. The minimum absolute atomic E-state index is 0.161. The summed E-state index contributed by atoms with van der Waals surface area (Å²) in [7, 11) is 0. The number of nitrogens with zero attached hydrogens (tertiary/aromatic N) is 3. The van der Waals surface area contributed by atoms with Gasteiger partial charge in [-0.25, -0.2) is 4.98 Å². The normalized spacial score (nSPS) is 11.3. The van der Waals surface area contributed by atoms with Gasteiger partial charge < -0.3 is 10.1 Å². The summed E-state index contributed by atoms with van der Waals surface area (Å²) >= 11 is 11.7. The van der Waals surface area contributed by atoms with Crippen molar-refractivity contribution in [3.05, 3.63) is 52.1 Å². The SMILES string of the molecule is O=C(COc1nc(-c2ccccc2Cl)no1)Nc1ncc(C(F)(F)F)cc1Cl. The number of anilines is 1. The van der Waals surface area contributed by atoms with Crippen molar-refractivity contribution in [2.24, 2.45) is 0 Å². The van der Waals surface area contributed by atoms with Gasteiger partial charge in [-0.1, -0.05) is 40.5 Å². The number of hydrogen-bond donors (Lipinski definition) is 1. The van der Waals surface area contributed by atoms with Crippen LogP contribution >= 0.6 is 23.2 Å². The molecular formula is C16H9Cl2F3N4O3. The number of nitrogens with one attached hydrogen (secondary N) is 1. The summed E-state index contributed by atoms with van der Waals surface area (Å²) in [5, 5.41) is 5.94. The second kappa shape index (κ2) is 8.03. The van der Waals surface area contributed by atoms with Gasteiger partial charge in [0.25, 0.3) is 5.91 Å². The first kappa shape index (κ1) is 19.9. The molecule has 0 spiro atoms. The van der Waals surface area contributed by atoms with Gasteiger partial charge in [0.2, 0.25) is 5.82 Å². The van der Waals surface area contributed by atoms with Gasteiger partial charge in [-0.05, 0) is 18.2 Å². The van der Waals surface area contributed by atoms with Gasteiger partial charge in [-0.15, -0.1) is 0 Å². The van der Waals surface area contributed by atoms with E-state index in [1.54, 1.807) is 24.3 Å². The summed E-state index contributed by atoms with van der Waals surface area (Å²) in [5.74, 6) is -0.828. The number of alkyl halides is 3. The molecule has 7 nitrogen and oxygen atoms in total. The van der Waals surface area contributed by atoms with Gasteiger partial charge in [-0.3, -0.25) is 9.32 Å². The Kier molecular flexibility index (Phi) is 5.71. The first-order valence-corrected chi connectivity index (χ1v) is 8.23. The van der Waals surface area contributed by atoms with Crippen molar-refractivity contribution in [2.75, 3.05) is 11.9 Å². The Hall–Kier alpha value is -2.85. The third-order valence-electron chi connectivity index (χ3n) is 3.28. The van der Waals surface area contributed by atoms with Crippen LogP contribution in [0.3, 0.4) is 0 Å². The van der Waals surface area contributed by atoms with Crippen molar-refractivity contribution in [1.82, 2.24) is 15.1 Å². The highest BCUT2D eigenvalue weighted by atomic mass is 35.5. The van der Waals surface area contributed by atoms with E-state index in [9.17, 15) is 18.0 Å². The molecule has 28 heavy (non-hydrogen) atoms. The Labute approximate surface area is 165 Å². The Morgan fingerprint density at radius 2 is 1.96 bits per heavy atom. The number of carbonyl (C=O) groups excluding carboxylic acids is 1. The first-order valence-electron chi connectivity index (χ1n) is 7.48. The molecule has 0 atom stereocenters. The molecular weight excluding hydrogens is 424 g/mol.